The van der Waals surface area contributed by atoms with Crippen LogP contribution in [0.2, 0.25) is 0 Å². The van der Waals surface area contributed by atoms with Gasteiger partial charge in [-0.2, -0.15) is 10.2 Å². The quantitative estimate of drug-likeness (QED) is 0.457. The number of hydrazone groups is 2. The summed E-state index contributed by atoms with van der Waals surface area (Å²) >= 11 is 0. The van der Waals surface area contributed by atoms with Crippen molar-refractivity contribution in [3.05, 3.63) is 35.4 Å². The number of ether oxygens (including phenoxy) is 1. The number of benzene rings is 1. The van der Waals surface area contributed by atoms with E-state index in [1.807, 2.05) is 0 Å². The van der Waals surface area contributed by atoms with Crippen molar-refractivity contribution in [3.63, 3.8) is 0 Å². The summed E-state index contributed by atoms with van der Waals surface area (Å²) in [4.78, 5) is 34.5. The lowest BCUT2D eigenvalue weighted by molar-refractivity contribution is -0.123. The molecule has 8 nitrogen and oxygen atoms in total. The number of carbonyl (C=O) groups excluding carboxylic acids is 3. The second kappa shape index (κ2) is 8.00. The lowest BCUT2D eigenvalue weighted by Gasteiger charge is -2.06. The van der Waals surface area contributed by atoms with E-state index in [9.17, 15) is 14.4 Å². The zero-order chi connectivity index (χ0) is 17.5. The number of methoxy groups -OCH3 is 1. The second-order valence-electron chi connectivity index (χ2n) is 5.23. The maximum Gasteiger partial charge on any atom is 0.337 e. The van der Waals surface area contributed by atoms with Gasteiger partial charge in [0, 0.05) is 12.1 Å². The molecule has 24 heavy (non-hydrogen) atoms. The van der Waals surface area contributed by atoms with Gasteiger partial charge >= 0.3 is 5.97 Å². The smallest absolute Gasteiger partial charge is 0.337 e. The van der Waals surface area contributed by atoms with E-state index in [-0.39, 0.29) is 24.2 Å². The van der Waals surface area contributed by atoms with E-state index >= 15 is 0 Å². The monoisotopic (exact) mass is 330 g/mol. The lowest BCUT2D eigenvalue weighted by atomic mass is 9.99. The average Bonchev–Trinajstić information content (AvgIpc) is 2.91. The molecule has 126 valence electrons. The Labute approximate surface area is 139 Å². The van der Waals surface area contributed by atoms with E-state index in [4.69, 9.17) is 0 Å². The Morgan fingerprint density at radius 1 is 1.38 bits per heavy atom. The predicted molar refractivity (Wildman–Crippen MR) is 87.5 cm³/mol. The van der Waals surface area contributed by atoms with Crippen LogP contribution in [0.4, 0.5) is 0 Å². The van der Waals surface area contributed by atoms with Gasteiger partial charge in [0.2, 0.25) is 11.8 Å². The Bertz CT molecular complexity index is 695. The highest BCUT2D eigenvalue weighted by Gasteiger charge is 2.26. The lowest BCUT2D eigenvalue weighted by Crippen LogP contribution is -2.25. The van der Waals surface area contributed by atoms with Crippen molar-refractivity contribution >= 4 is 29.7 Å². The number of hydrogen-bond donors (Lipinski definition) is 2. The third-order valence-electron chi connectivity index (χ3n) is 3.56. The van der Waals surface area contributed by atoms with Gasteiger partial charge in [0.15, 0.2) is 0 Å². The molecule has 1 aromatic carbocycles. The molecule has 2 rings (SSSR count). The summed E-state index contributed by atoms with van der Waals surface area (Å²) in [5, 5.41) is 7.67. The summed E-state index contributed by atoms with van der Waals surface area (Å²) in [7, 11) is 1.32. The van der Waals surface area contributed by atoms with Crippen molar-refractivity contribution in [3.8, 4) is 0 Å². The Morgan fingerprint density at radius 3 is 2.67 bits per heavy atom. The Balaban J connectivity index is 1.79. The maximum atomic E-state index is 11.7. The zero-order valence-electron chi connectivity index (χ0n) is 13.4. The highest BCUT2D eigenvalue weighted by atomic mass is 16.5. The van der Waals surface area contributed by atoms with Gasteiger partial charge in [-0.1, -0.05) is 12.1 Å². The molecule has 1 aliphatic rings. The molecule has 0 aromatic heterocycles. The van der Waals surface area contributed by atoms with E-state index in [1.54, 1.807) is 31.2 Å². The van der Waals surface area contributed by atoms with Crippen LogP contribution in [0.3, 0.4) is 0 Å². The van der Waals surface area contributed by atoms with E-state index in [0.717, 1.165) is 5.56 Å². The van der Waals surface area contributed by atoms with Crippen LogP contribution in [-0.4, -0.2) is 36.8 Å². The molecular formula is C16H18N4O4. The van der Waals surface area contributed by atoms with Crippen molar-refractivity contribution in [1.29, 1.82) is 0 Å². The fourth-order valence-corrected chi connectivity index (χ4v) is 2.16. The molecule has 0 saturated heterocycles. The van der Waals surface area contributed by atoms with Gasteiger partial charge in [-0.3, -0.25) is 9.59 Å². The van der Waals surface area contributed by atoms with Gasteiger partial charge in [-0.05, 0) is 31.0 Å². The first kappa shape index (κ1) is 17.3. The number of esters is 1. The van der Waals surface area contributed by atoms with Gasteiger partial charge in [0.25, 0.3) is 0 Å². The minimum atomic E-state index is -0.415. The SMILES string of the molecule is COC(=O)c1ccc(/C=N\NC(=O)CCC2C(=O)NN=C2C)cc1. The number of nitrogens with zero attached hydrogens (tertiary/aromatic N) is 2. The molecule has 1 unspecified atom stereocenters. The molecule has 0 spiro atoms. The van der Waals surface area contributed by atoms with Crippen LogP contribution in [0.1, 0.15) is 35.7 Å². The van der Waals surface area contributed by atoms with Crippen molar-refractivity contribution in [2.45, 2.75) is 19.8 Å². The first-order valence-corrected chi connectivity index (χ1v) is 7.35. The van der Waals surface area contributed by atoms with Crippen LogP contribution in [0.15, 0.2) is 34.5 Å². The molecule has 0 saturated carbocycles. The molecule has 8 heteroatoms. The maximum absolute atomic E-state index is 11.7. The number of hydrogen-bond acceptors (Lipinski definition) is 6. The highest BCUT2D eigenvalue weighted by molar-refractivity contribution is 6.07. The van der Waals surface area contributed by atoms with Gasteiger partial charge in [0.1, 0.15) is 0 Å². The van der Waals surface area contributed by atoms with Gasteiger partial charge in [-0.15, -0.1) is 0 Å². The van der Waals surface area contributed by atoms with Crippen LogP contribution in [0.5, 0.6) is 0 Å². The largest absolute Gasteiger partial charge is 0.465 e. The second-order valence-corrected chi connectivity index (χ2v) is 5.23. The van der Waals surface area contributed by atoms with Gasteiger partial charge in [0.05, 0.1) is 24.8 Å². The zero-order valence-corrected chi connectivity index (χ0v) is 13.4. The van der Waals surface area contributed by atoms with Crippen LogP contribution < -0.4 is 10.9 Å². The van der Waals surface area contributed by atoms with Crippen molar-refractivity contribution in [1.82, 2.24) is 10.9 Å². The summed E-state index contributed by atoms with van der Waals surface area (Å²) in [6.07, 6.45) is 2.02. The van der Waals surface area contributed by atoms with Crippen molar-refractivity contribution in [2.75, 3.05) is 7.11 Å². The molecule has 1 heterocycles. The first-order chi connectivity index (χ1) is 11.5. The Kier molecular flexibility index (Phi) is 5.78. The fraction of sp³-hybridized carbons (Fsp3) is 0.312. The third-order valence-corrected chi connectivity index (χ3v) is 3.56. The van der Waals surface area contributed by atoms with Crippen LogP contribution in [-0.2, 0) is 14.3 Å². The average molecular weight is 330 g/mol. The van der Waals surface area contributed by atoms with Crippen LogP contribution in [0.25, 0.3) is 0 Å². The number of carbonyl (C=O) groups is 3. The highest BCUT2D eigenvalue weighted by Crippen LogP contribution is 2.13. The van der Waals surface area contributed by atoms with E-state index in [2.05, 4.69) is 25.8 Å². The fourth-order valence-electron chi connectivity index (χ4n) is 2.16. The molecule has 0 bridgehead atoms. The topological polar surface area (TPSA) is 109 Å². The van der Waals surface area contributed by atoms with Crippen molar-refractivity contribution in [2.24, 2.45) is 16.1 Å². The third kappa shape index (κ3) is 4.48. The van der Waals surface area contributed by atoms with Crippen LogP contribution >= 0.6 is 0 Å². The van der Waals surface area contributed by atoms with Crippen molar-refractivity contribution < 1.29 is 19.1 Å². The Hall–Kier alpha value is -3.03. The molecule has 0 radical (unpaired) electrons. The molecule has 2 amide bonds. The summed E-state index contributed by atoms with van der Waals surface area (Å²) in [6.45, 7) is 1.75. The van der Waals surface area contributed by atoms with E-state index < -0.39 is 5.97 Å². The summed E-state index contributed by atoms with van der Waals surface area (Å²) in [5.74, 6) is -1.24. The number of nitrogens with one attached hydrogen (secondary N) is 2. The molecule has 0 aliphatic carbocycles. The predicted octanol–water partition coefficient (Wildman–Crippen LogP) is 0.825. The normalized spacial score (nSPS) is 16.7. The summed E-state index contributed by atoms with van der Waals surface area (Å²) in [5.41, 5.74) is 6.62. The molecular weight excluding hydrogens is 312 g/mol. The van der Waals surface area contributed by atoms with Crippen LogP contribution in [0, 0.1) is 5.92 Å². The van der Waals surface area contributed by atoms with Gasteiger partial charge < -0.3 is 4.74 Å². The molecule has 1 aliphatic heterocycles. The molecule has 1 atom stereocenters. The van der Waals surface area contributed by atoms with Gasteiger partial charge in [-0.25, -0.2) is 15.6 Å². The van der Waals surface area contributed by atoms with E-state index in [0.29, 0.717) is 17.7 Å². The molecule has 1 aromatic rings. The first-order valence-electron chi connectivity index (χ1n) is 7.35. The molecule has 0 fully saturated rings. The summed E-state index contributed by atoms with van der Waals surface area (Å²) < 4.78 is 4.61. The number of rotatable bonds is 6. The summed E-state index contributed by atoms with van der Waals surface area (Å²) in [6, 6.07) is 6.58. The Morgan fingerprint density at radius 2 is 2.08 bits per heavy atom. The van der Waals surface area contributed by atoms with E-state index in [1.165, 1.54) is 13.3 Å². The number of amides is 2. The molecule has 2 N–H and O–H groups in total. The minimum Gasteiger partial charge on any atom is -0.465 e. The standard InChI is InChI=1S/C16H18N4O4/c1-10-13(15(22)20-18-10)7-8-14(21)19-17-9-11-3-5-12(6-4-11)16(23)24-2/h3-6,9,13H,7-8H2,1-2H3,(H,19,21)(H,20,22)/b17-9-. The minimum absolute atomic E-state index is 0.170.